The molecule has 2 aromatic rings. The number of benzene rings is 2. The third kappa shape index (κ3) is 4.26. The van der Waals surface area contributed by atoms with E-state index in [9.17, 15) is 14.7 Å². The minimum absolute atomic E-state index is 0.0791. The second-order valence-electron chi connectivity index (χ2n) is 7.52. The molecule has 7 heteroatoms. The fraction of sp³-hybridized carbons (Fsp3) is 0.364. The summed E-state index contributed by atoms with van der Waals surface area (Å²) in [6.07, 6.45) is 0.280. The zero-order valence-corrected chi connectivity index (χ0v) is 16.1. The van der Waals surface area contributed by atoms with Crippen molar-refractivity contribution in [3.8, 4) is 5.75 Å². The molecule has 29 heavy (non-hydrogen) atoms. The van der Waals surface area contributed by atoms with Crippen molar-refractivity contribution in [3.63, 3.8) is 0 Å². The molecule has 2 aliphatic rings. The van der Waals surface area contributed by atoms with Crippen LogP contribution in [0, 0.1) is 0 Å². The van der Waals surface area contributed by atoms with Gasteiger partial charge in [0.2, 0.25) is 0 Å². The summed E-state index contributed by atoms with van der Waals surface area (Å²) in [6, 6.07) is 12.6. The van der Waals surface area contributed by atoms with Gasteiger partial charge in [0.1, 0.15) is 12.4 Å². The van der Waals surface area contributed by atoms with Gasteiger partial charge in [-0.05, 0) is 35.7 Å². The highest BCUT2D eigenvalue weighted by Gasteiger charge is 2.27. The molecule has 0 fully saturated rings. The lowest BCUT2D eigenvalue weighted by Gasteiger charge is -2.32. The number of carboxylic acid groups (broad SMARTS) is 1. The number of aliphatic hydroxyl groups excluding tert-OH is 1. The third-order valence-electron chi connectivity index (χ3n) is 5.47. The maximum Gasteiger partial charge on any atom is 0.335 e. The smallest absolute Gasteiger partial charge is 0.335 e. The van der Waals surface area contributed by atoms with Crippen LogP contribution in [0.5, 0.6) is 5.75 Å². The third-order valence-corrected chi connectivity index (χ3v) is 5.47. The largest absolute Gasteiger partial charge is 0.491 e. The zero-order valence-electron chi connectivity index (χ0n) is 16.1. The lowest BCUT2D eigenvalue weighted by atomic mass is 10.00. The molecule has 1 amide bonds. The van der Waals surface area contributed by atoms with Crippen molar-refractivity contribution in [2.75, 3.05) is 32.8 Å². The fourth-order valence-electron chi connectivity index (χ4n) is 3.98. The SMILES string of the molecule is O=C(O)c1ccc2c(c1)OCCN(CC(O)CN1CCc3ccccc3C1)C2=O. The Labute approximate surface area is 169 Å². The van der Waals surface area contributed by atoms with E-state index in [2.05, 4.69) is 17.0 Å². The van der Waals surface area contributed by atoms with Crippen LogP contribution in [0.4, 0.5) is 0 Å². The maximum absolute atomic E-state index is 12.9. The van der Waals surface area contributed by atoms with E-state index in [0.717, 1.165) is 19.5 Å². The van der Waals surface area contributed by atoms with Gasteiger partial charge < -0.3 is 19.8 Å². The van der Waals surface area contributed by atoms with Crippen molar-refractivity contribution in [1.29, 1.82) is 0 Å². The molecule has 152 valence electrons. The van der Waals surface area contributed by atoms with Crippen LogP contribution in [0.2, 0.25) is 0 Å². The number of amides is 1. The molecule has 2 heterocycles. The Morgan fingerprint density at radius 3 is 2.69 bits per heavy atom. The number of hydrogen-bond donors (Lipinski definition) is 2. The first-order valence-electron chi connectivity index (χ1n) is 9.78. The number of carboxylic acids is 1. The maximum atomic E-state index is 12.9. The Morgan fingerprint density at radius 2 is 1.90 bits per heavy atom. The Hall–Kier alpha value is -2.90. The highest BCUT2D eigenvalue weighted by Crippen LogP contribution is 2.25. The van der Waals surface area contributed by atoms with Gasteiger partial charge in [-0.2, -0.15) is 0 Å². The second-order valence-corrected chi connectivity index (χ2v) is 7.52. The van der Waals surface area contributed by atoms with Crippen molar-refractivity contribution in [2.24, 2.45) is 0 Å². The van der Waals surface area contributed by atoms with E-state index in [4.69, 9.17) is 9.84 Å². The summed E-state index contributed by atoms with van der Waals surface area (Å²) < 4.78 is 5.59. The molecular weight excluding hydrogens is 372 g/mol. The topological polar surface area (TPSA) is 90.3 Å². The molecule has 0 radical (unpaired) electrons. The number of aliphatic hydroxyl groups is 1. The summed E-state index contributed by atoms with van der Waals surface area (Å²) in [5.74, 6) is -1.04. The van der Waals surface area contributed by atoms with Crippen LogP contribution in [0.1, 0.15) is 31.8 Å². The minimum atomic E-state index is -1.07. The van der Waals surface area contributed by atoms with Crippen LogP contribution >= 0.6 is 0 Å². The molecule has 0 bridgehead atoms. The monoisotopic (exact) mass is 396 g/mol. The van der Waals surface area contributed by atoms with Crippen molar-refractivity contribution in [3.05, 3.63) is 64.7 Å². The molecule has 1 unspecified atom stereocenters. The van der Waals surface area contributed by atoms with Gasteiger partial charge in [0.25, 0.3) is 5.91 Å². The zero-order chi connectivity index (χ0) is 20.4. The Balaban J connectivity index is 1.40. The number of rotatable bonds is 5. The molecule has 0 saturated heterocycles. The van der Waals surface area contributed by atoms with Crippen molar-refractivity contribution < 1.29 is 24.5 Å². The Kier molecular flexibility index (Phi) is 5.51. The van der Waals surface area contributed by atoms with E-state index in [1.807, 2.05) is 12.1 Å². The molecule has 4 rings (SSSR count). The number of nitrogens with zero attached hydrogens (tertiary/aromatic N) is 2. The fourth-order valence-corrected chi connectivity index (χ4v) is 3.98. The molecule has 2 aliphatic heterocycles. The molecule has 2 aromatic carbocycles. The van der Waals surface area contributed by atoms with Crippen LogP contribution in [0.25, 0.3) is 0 Å². The van der Waals surface area contributed by atoms with Crippen molar-refractivity contribution in [1.82, 2.24) is 9.80 Å². The molecule has 0 aliphatic carbocycles. The average Bonchev–Trinajstić information content (AvgIpc) is 2.86. The first-order chi connectivity index (χ1) is 14.0. The van der Waals surface area contributed by atoms with Gasteiger partial charge in [-0.25, -0.2) is 4.79 Å². The standard InChI is InChI=1S/C22H24N2O5/c25-18(13-23-8-7-15-3-1-2-4-17(15)12-23)14-24-9-10-29-20-11-16(22(27)28)5-6-19(20)21(24)26/h1-6,11,18,25H,7-10,12-14H2,(H,27,28). The van der Waals surface area contributed by atoms with E-state index < -0.39 is 12.1 Å². The predicted octanol–water partition coefficient (Wildman–Crippen LogP) is 1.64. The Bertz CT molecular complexity index is 929. The number of ether oxygens (including phenoxy) is 1. The number of hydrogen-bond acceptors (Lipinski definition) is 5. The van der Waals surface area contributed by atoms with Crippen LogP contribution < -0.4 is 4.74 Å². The lowest BCUT2D eigenvalue weighted by molar-refractivity contribution is 0.0501. The van der Waals surface area contributed by atoms with Crippen molar-refractivity contribution in [2.45, 2.75) is 19.1 Å². The molecular formula is C22H24N2O5. The summed E-state index contributed by atoms with van der Waals surface area (Å²) in [5.41, 5.74) is 3.05. The average molecular weight is 396 g/mol. The van der Waals surface area contributed by atoms with E-state index in [-0.39, 0.29) is 30.4 Å². The van der Waals surface area contributed by atoms with Gasteiger partial charge >= 0.3 is 5.97 Å². The predicted molar refractivity (Wildman–Crippen MR) is 106 cm³/mol. The van der Waals surface area contributed by atoms with Crippen LogP contribution in [0.3, 0.4) is 0 Å². The molecule has 0 spiro atoms. The molecule has 0 aromatic heterocycles. The molecule has 0 saturated carbocycles. The quantitative estimate of drug-likeness (QED) is 0.799. The first kappa shape index (κ1) is 19.4. The van der Waals surface area contributed by atoms with E-state index in [1.165, 1.54) is 29.3 Å². The number of fused-ring (bicyclic) bond motifs is 2. The summed E-state index contributed by atoms with van der Waals surface area (Å²) in [5, 5.41) is 19.7. The normalized spacial score (nSPS) is 17.7. The second kappa shape index (κ2) is 8.23. The Morgan fingerprint density at radius 1 is 1.10 bits per heavy atom. The minimum Gasteiger partial charge on any atom is -0.491 e. The van der Waals surface area contributed by atoms with Gasteiger partial charge in [-0.3, -0.25) is 9.69 Å². The molecule has 2 N–H and O–H groups in total. The van der Waals surface area contributed by atoms with Crippen LogP contribution in [0.15, 0.2) is 42.5 Å². The molecule has 1 atom stereocenters. The summed E-state index contributed by atoms with van der Waals surface area (Å²) >= 11 is 0. The van der Waals surface area contributed by atoms with Gasteiger partial charge in [-0.1, -0.05) is 24.3 Å². The van der Waals surface area contributed by atoms with E-state index in [1.54, 1.807) is 4.90 Å². The molecule has 7 nitrogen and oxygen atoms in total. The highest BCUT2D eigenvalue weighted by molar-refractivity contribution is 5.99. The van der Waals surface area contributed by atoms with E-state index in [0.29, 0.717) is 18.7 Å². The number of β-amino-alcohol motifs (C(OH)–C–C–N with tert-alkyl or cyclic N) is 1. The van der Waals surface area contributed by atoms with E-state index >= 15 is 0 Å². The van der Waals surface area contributed by atoms with Gasteiger partial charge in [0, 0.05) is 26.2 Å². The summed E-state index contributed by atoms with van der Waals surface area (Å²) in [6.45, 7) is 2.97. The number of carbonyl (C=O) groups is 2. The van der Waals surface area contributed by atoms with Crippen molar-refractivity contribution >= 4 is 11.9 Å². The summed E-state index contributed by atoms with van der Waals surface area (Å²) in [4.78, 5) is 27.8. The van der Waals surface area contributed by atoms with Crippen LogP contribution in [-0.2, 0) is 13.0 Å². The van der Waals surface area contributed by atoms with Gasteiger partial charge in [0.05, 0.1) is 23.8 Å². The summed E-state index contributed by atoms with van der Waals surface area (Å²) in [7, 11) is 0. The van der Waals surface area contributed by atoms with Gasteiger partial charge in [-0.15, -0.1) is 0 Å². The lowest BCUT2D eigenvalue weighted by Crippen LogP contribution is -2.44. The first-order valence-corrected chi connectivity index (χ1v) is 9.78. The van der Waals surface area contributed by atoms with Crippen LogP contribution in [-0.4, -0.2) is 70.8 Å². The highest BCUT2D eigenvalue weighted by atomic mass is 16.5. The number of carbonyl (C=O) groups excluding carboxylic acids is 1. The van der Waals surface area contributed by atoms with Gasteiger partial charge in [0.15, 0.2) is 0 Å². The number of aromatic carboxylic acids is 1.